The maximum absolute atomic E-state index is 5.02. The number of hydrogen-bond donors (Lipinski definition) is 1. The molecule has 2 nitrogen and oxygen atoms in total. The van der Waals surface area contributed by atoms with Crippen LogP contribution in [0.2, 0.25) is 0 Å². The highest BCUT2D eigenvalue weighted by atomic mass is 32.1. The van der Waals surface area contributed by atoms with E-state index < -0.39 is 0 Å². The molecule has 0 aromatic carbocycles. The van der Waals surface area contributed by atoms with Crippen molar-refractivity contribution in [2.45, 2.75) is 69.7 Å². The molecule has 0 radical (unpaired) electrons. The molecule has 2 aliphatic carbocycles. The van der Waals surface area contributed by atoms with Crippen LogP contribution in [0.5, 0.6) is 0 Å². The number of aryl methyl sites for hydroxylation is 2. The fourth-order valence-corrected chi connectivity index (χ4v) is 4.86. The van der Waals surface area contributed by atoms with Gasteiger partial charge in [-0.2, -0.15) is 0 Å². The second-order valence-corrected chi connectivity index (χ2v) is 6.93. The Kier molecular flexibility index (Phi) is 3.71. The average molecular weight is 264 g/mol. The summed E-state index contributed by atoms with van der Waals surface area (Å²) >= 11 is 2.00. The van der Waals surface area contributed by atoms with E-state index in [0.717, 1.165) is 0 Å². The second-order valence-electron chi connectivity index (χ2n) is 5.84. The number of nitrogens with zero attached hydrogens (tertiary/aromatic N) is 1. The van der Waals surface area contributed by atoms with Crippen molar-refractivity contribution in [2.24, 2.45) is 0 Å². The van der Waals surface area contributed by atoms with Crippen LogP contribution in [-0.4, -0.2) is 12.0 Å². The van der Waals surface area contributed by atoms with Gasteiger partial charge in [0.1, 0.15) is 5.01 Å². The Hall–Kier alpha value is -0.410. The molecule has 2 aliphatic rings. The summed E-state index contributed by atoms with van der Waals surface area (Å²) in [5, 5.41) is 5.02. The molecular weight excluding hydrogens is 240 g/mol. The predicted molar refractivity (Wildman–Crippen MR) is 77.2 cm³/mol. The first-order valence-corrected chi connectivity index (χ1v) is 8.34. The first-order valence-electron chi connectivity index (χ1n) is 7.52. The van der Waals surface area contributed by atoms with E-state index in [1.165, 1.54) is 74.9 Å². The van der Waals surface area contributed by atoms with Crippen LogP contribution in [0.3, 0.4) is 0 Å². The normalized spacial score (nSPS) is 23.4. The molecule has 0 spiro atoms. The molecule has 0 amide bonds. The topological polar surface area (TPSA) is 24.9 Å². The van der Waals surface area contributed by atoms with Gasteiger partial charge in [-0.05, 0) is 45.6 Å². The molecule has 0 unspecified atom stereocenters. The van der Waals surface area contributed by atoms with Gasteiger partial charge < -0.3 is 5.32 Å². The lowest BCUT2D eigenvalue weighted by atomic mass is 9.91. The van der Waals surface area contributed by atoms with Gasteiger partial charge in [0.25, 0.3) is 0 Å². The predicted octanol–water partition coefficient (Wildman–Crippen LogP) is 3.79. The van der Waals surface area contributed by atoms with E-state index in [0.29, 0.717) is 0 Å². The highest BCUT2D eigenvalue weighted by Crippen LogP contribution is 2.40. The van der Waals surface area contributed by atoms with Gasteiger partial charge in [-0.3, -0.25) is 0 Å². The lowest BCUT2D eigenvalue weighted by Crippen LogP contribution is -2.39. The van der Waals surface area contributed by atoms with Gasteiger partial charge >= 0.3 is 0 Å². The van der Waals surface area contributed by atoms with Gasteiger partial charge in [-0.1, -0.05) is 25.7 Å². The number of nitrogens with one attached hydrogen (secondary N) is 1. The van der Waals surface area contributed by atoms with Crippen LogP contribution in [0.4, 0.5) is 0 Å². The standard InChI is InChI=1S/C15H24N2S/c1-16-15(10-6-2-3-7-11-15)14-17-12-8-4-5-9-13(12)18-14/h16H,2-11H2,1H3. The molecule has 0 atom stereocenters. The Balaban J connectivity index is 1.92. The van der Waals surface area contributed by atoms with Crippen molar-refractivity contribution in [2.75, 3.05) is 7.05 Å². The van der Waals surface area contributed by atoms with Gasteiger partial charge in [-0.25, -0.2) is 4.98 Å². The fraction of sp³-hybridized carbons (Fsp3) is 0.800. The molecule has 1 heterocycles. The van der Waals surface area contributed by atoms with Crippen LogP contribution < -0.4 is 5.32 Å². The van der Waals surface area contributed by atoms with E-state index in [1.807, 2.05) is 11.3 Å². The maximum atomic E-state index is 5.02. The molecule has 3 rings (SSSR count). The lowest BCUT2D eigenvalue weighted by molar-refractivity contribution is 0.312. The molecule has 1 fully saturated rings. The lowest BCUT2D eigenvalue weighted by Gasteiger charge is -2.30. The molecule has 0 aliphatic heterocycles. The van der Waals surface area contributed by atoms with Crippen LogP contribution in [0.25, 0.3) is 0 Å². The van der Waals surface area contributed by atoms with E-state index in [1.54, 1.807) is 4.88 Å². The zero-order valence-electron chi connectivity index (χ0n) is 11.4. The smallest absolute Gasteiger partial charge is 0.113 e. The second kappa shape index (κ2) is 5.30. The van der Waals surface area contributed by atoms with Crippen molar-refractivity contribution in [3.8, 4) is 0 Å². The molecule has 3 heteroatoms. The first kappa shape index (κ1) is 12.6. The number of thiazole rings is 1. The Morgan fingerprint density at radius 2 is 1.72 bits per heavy atom. The van der Waals surface area contributed by atoms with Gasteiger partial charge in [0.05, 0.1) is 11.2 Å². The summed E-state index contributed by atoms with van der Waals surface area (Å²) in [6.45, 7) is 0. The average Bonchev–Trinajstić information content (AvgIpc) is 2.70. The Morgan fingerprint density at radius 3 is 2.39 bits per heavy atom. The number of hydrogen-bond acceptors (Lipinski definition) is 3. The highest BCUT2D eigenvalue weighted by Gasteiger charge is 2.35. The van der Waals surface area contributed by atoms with Gasteiger partial charge in [-0.15, -0.1) is 11.3 Å². The van der Waals surface area contributed by atoms with E-state index in [9.17, 15) is 0 Å². The van der Waals surface area contributed by atoms with Gasteiger partial charge in [0.15, 0.2) is 0 Å². The first-order chi connectivity index (χ1) is 8.84. The van der Waals surface area contributed by atoms with Crippen LogP contribution in [-0.2, 0) is 18.4 Å². The number of fused-ring (bicyclic) bond motifs is 1. The third-order valence-corrected chi connectivity index (χ3v) is 6.05. The third-order valence-electron chi connectivity index (χ3n) is 4.69. The summed E-state index contributed by atoms with van der Waals surface area (Å²) in [7, 11) is 2.13. The van der Waals surface area contributed by atoms with Crippen molar-refractivity contribution < 1.29 is 0 Å². The summed E-state index contributed by atoms with van der Waals surface area (Å²) < 4.78 is 0. The molecule has 18 heavy (non-hydrogen) atoms. The summed E-state index contributed by atoms with van der Waals surface area (Å²) in [6, 6.07) is 0. The minimum absolute atomic E-state index is 0.193. The fourth-order valence-electron chi connectivity index (χ4n) is 3.46. The van der Waals surface area contributed by atoms with Crippen LogP contribution in [0.15, 0.2) is 0 Å². The molecule has 0 saturated heterocycles. The number of rotatable bonds is 2. The van der Waals surface area contributed by atoms with Crippen molar-refractivity contribution in [1.82, 2.24) is 10.3 Å². The third kappa shape index (κ3) is 2.23. The molecule has 100 valence electrons. The van der Waals surface area contributed by atoms with E-state index in [2.05, 4.69) is 12.4 Å². The molecular formula is C15H24N2S. The Bertz CT molecular complexity index is 379. The maximum Gasteiger partial charge on any atom is 0.113 e. The van der Waals surface area contributed by atoms with Crippen molar-refractivity contribution in [3.63, 3.8) is 0 Å². The largest absolute Gasteiger partial charge is 0.308 e. The minimum Gasteiger partial charge on any atom is -0.308 e. The summed E-state index contributed by atoms with van der Waals surface area (Å²) in [6.07, 6.45) is 13.2. The van der Waals surface area contributed by atoms with Crippen LogP contribution in [0.1, 0.15) is 66.9 Å². The van der Waals surface area contributed by atoms with Crippen LogP contribution in [0, 0.1) is 0 Å². The zero-order valence-corrected chi connectivity index (χ0v) is 12.2. The molecule has 1 saturated carbocycles. The molecule has 1 aromatic rings. The van der Waals surface area contributed by atoms with Gasteiger partial charge in [0.2, 0.25) is 0 Å². The SMILES string of the molecule is CNC1(c2nc3c(s2)CCCC3)CCCCCC1. The summed E-state index contributed by atoms with van der Waals surface area (Å²) in [4.78, 5) is 6.59. The van der Waals surface area contributed by atoms with Crippen molar-refractivity contribution >= 4 is 11.3 Å². The molecule has 0 bridgehead atoms. The summed E-state index contributed by atoms with van der Waals surface area (Å²) in [5.74, 6) is 0. The quantitative estimate of drug-likeness (QED) is 0.822. The number of aromatic nitrogens is 1. The Morgan fingerprint density at radius 1 is 1.00 bits per heavy atom. The van der Waals surface area contributed by atoms with E-state index in [4.69, 9.17) is 4.98 Å². The Labute approximate surface area is 114 Å². The van der Waals surface area contributed by atoms with Crippen LogP contribution >= 0.6 is 11.3 Å². The van der Waals surface area contributed by atoms with Gasteiger partial charge in [0, 0.05) is 4.88 Å². The van der Waals surface area contributed by atoms with E-state index >= 15 is 0 Å². The monoisotopic (exact) mass is 264 g/mol. The van der Waals surface area contributed by atoms with E-state index in [-0.39, 0.29) is 5.54 Å². The zero-order chi connectivity index (χ0) is 12.4. The molecule has 1 N–H and O–H groups in total. The highest BCUT2D eigenvalue weighted by molar-refractivity contribution is 7.11. The molecule has 1 aromatic heterocycles. The summed E-state index contributed by atoms with van der Waals surface area (Å²) in [5.41, 5.74) is 1.61. The van der Waals surface area contributed by atoms with Crippen molar-refractivity contribution in [1.29, 1.82) is 0 Å². The minimum atomic E-state index is 0.193. The van der Waals surface area contributed by atoms with Crippen molar-refractivity contribution in [3.05, 3.63) is 15.6 Å².